The molecule has 3 N–H and O–H groups in total. The molecule has 0 saturated heterocycles. The monoisotopic (exact) mass is 332 g/mol. The molecule has 24 heavy (non-hydrogen) atoms. The highest BCUT2D eigenvalue weighted by molar-refractivity contribution is 5.88. The number of hydrogen-bond acceptors (Lipinski definition) is 5. The van der Waals surface area contributed by atoms with Gasteiger partial charge in [0.05, 0.1) is 6.10 Å². The third-order valence-corrected chi connectivity index (χ3v) is 3.58. The molecule has 0 fully saturated rings. The first kappa shape index (κ1) is 18.0. The highest BCUT2D eigenvalue weighted by Gasteiger charge is 2.22. The summed E-state index contributed by atoms with van der Waals surface area (Å²) in [6.07, 6.45) is -0.664. The molecule has 130 valence electrons. The predicted octanol–water partition coefficient (Wildman–Crippen LogP) is 2.02. The van der Waals surface area contributed by atoms with E-state index in [0.29, 0.717) is 24.7 Å². The Morgan fingerprint density at radius 1 is 1.33 bits per heavy atom. The zero-order valence-electron chi connectivity index (χ0n) is 14.2. The number of hydrogen-bond donors (Lipinski definition) is 3. The van der Waals surface area contributed by atoms with Gasteiger partial charge in [-0.3, -0.25) is 5.32 Å². The molecule has 0 unspecified atom stereocenters. The van der Waals surface area contributed by atoms with E-state index < -0.39 is 6.10 Å². The molecule has 0 aliphatic rings. The first-order valence-corrected chi connectivity index (χ1v) is 7.81. The van der Waals surface area contributed by atoms with Gasteiger partial charge in [-0.05, 0) is 26.6 Å². The maximum Gasteiger partial charge on any atom is 0.320 e. The van der Waals surface area contributed by atoms with Gasteiger partial charge in [0, 0.05) is 25.1 Å². The van der Waals surface area contributed by atoms with E-state index in [-0.39, 0.29) is 11.9 Å². The molecule has 1 heterocycles. The van der Waals surface area contributed by atoms with Crippen LogP contribution in [0.25, 0.3) is 0 Å². The second kappa shape index (κ2) is 8.47. The molecule has 0 aliphatic heterocycles. The SMILES string of the molecule is Cc1cc(NC(=O)NC[C@@H](CN(C)C)[C@@H](O)c2ccccc2)no1. The molecule has 0 bridgehead atoms. The molecule has 0 saturated carbocycles. The maximum absolute atomic E-state index is 12.0. The number of aliphatic hydroxyl groups excluding tert-OH is 1. The van der Waals surface area contributed by atoms with E-state index in [0.717, 1.165) is 5.56 Å². The largest absolute Gasteiger partial charge is 0.388 e. The molecule has 0 radical (unpaired) electrons. The number of anilines is 1. The topological polar surface area (TPSA) is 90.6 Å². The average Bonchev–Trinajstić information content (AvgIpc) is 2.96. The van der Waals surface area contributed by atoms with Crippen molar-refractivity contribution in [2.75, 3.05) is 32.5 Å². The first-order valence-electron chi connectivity index (χ1n) is 7.81. The number of carbonyl (C=O) groups is 1. The van der Waals surface area contributed by atoms with Gasteiger partial charge in [0.25, 0.3) is 0 Å². The third-order valence-electron chi connectivity index (χ3n) is 3.58. The molecule has 1 aromatic heterocycles. The van der Waals surface area contributed by atoms with Crippen molar-refractivity contribution in [3.8, 4) is 0 Å². The van der Waals surface area contributed by atoms with E-state index in [1.807, 2.05) is 49.3 Å². The summed E-state index contributed by atoms with van der Waals surface area (Å²) in [6.45, 7) is 2.72. The van der Waals surface area contributed by atoms with Crippen LogP contribution in [0.4, 0.5) is 10.6 Å². The Morgan fingerprint density at radius 3 is 2.62 bits per heavy atom. The van der Waals surface area contributed by atoms with Gasteiger partial charge in [-0.2, -0.15) is 0 Å². The molecule has 1 aromatic carbocycles. The van der Waals surface area contributed by atoms with E-state index in [1.165, 1.54) is 0 Å². The molecule has 7 nitrogen and oxygen atoms in total. The van der Waals surface area contributed by atoms with Gasteiger partial charge in [0.2, 0.25) is 0 Å². The summed E-state index contributed by atoms with van der Waals surface area (Å²) in [5.74, 6) is 0.834. The van der Waals surface area contributed by atoms with Gasteiger partial charge in [0.1, 0.15) is 5.76 Å². The van der Waals surface area contributed by atoms with Gasteiger partial charge < -0.3 is 19.8 Å². The van der Waals surface area contributed by atoms with Crippen LogP contribution in [0, 0.1) is 12.8 Å². The predicted molar refractivity (Wildman–Crippen MR) is 91.7 cm³/mol. The minimum absolute atomic E-state index is 0.146. The molecular formula is C17H24N4O3. The fourth-order valence-electron chi connectivity index (χ4n) is 2.48. The van der Waals surface area contributed by atoms with Gasteiger partial charge in [0.15, 0.2) is 5.82 Å². The lowest BCUT2D eigenvalue weighted by Crippen LogP contribution is -2.39. The van der Waals surface area contributed by atoms with Crippen molar-refractivity contribution >= 4 is 11.8 Å². The molecule has 2 atom stereocenters. The highest BCUT2D eigenvalue weighted by atomic mass is 16.5. The number of aryl methyl sites for hydroxylation is 1. The lowest BCUT2D eigenvalue weighted by Gasteiger charge is -2.26. The summed E-state index contributed by atoms with van der Waals surface area (Å²) in [6, 6.07) is 10.7. The normalized spacial score (nSPS) is 13.5. The minimum atomic E-state index is -0.664. The maximum atomic E-state index is 12.0. The summed E-state index contributed by atoms with van der Waals surface area (Å²) >= 11 is 0. The van der Waals surface area contributed by atoms with Gasteiger partial charge in [-0.1, -0.05) is 35.5 Å². The number of nitrogens with one attached hydrogen (secondary N) is 2. The summed E-state index contributed by atoms with van der Waals surface area (Å²) in [7, 11) is 3.87. The summed E-state index contributed by atoms with van der Waals surface area (Å²) in [4.78, 5) is 14.0. The second-order valence-electron chi connectivity index (χ2n) is 6.04. The Kier molecular flexibility index (Phi) is 6.34. The van der Waals surface area contributed by atoms with Crippen LogP contribution in [0.15, 0.2) is 40.9 Å². The van der Waals surface area contributed by atoms with E-state index in [1.54, 1.807) is 13.0 Å². The number of nitrogens with zero attached hydrogens (tertiary/aromatic N) is 2. The van der Waals surface area contributed by atoms with Crippen LogP contribution in [-0.2, 0) is 0 Å². The van der Waals surface area contributed by atoms with Crippen molar-refractivity contribution in [3.05, 3.63) is 47.7 Å². The molecule has 7 heteroatoms. The number of urea groups is 1. The summed E-state index contributed by atoms with van der Waals surface area (Å²) in [5, 5.41) is 19.7. The van der Waals surface area contributed by atoms with E-state index >= 15 is 0 Å². The van der Waals surface area contributed by atoms with Crippen molar-refractivity contribution in [1.82, 2.24) is 15.4 Å². The number of aliphatic hydroxyl groups is 1. The van der Waals surface area contributed by atoms with E-state index in [4.69, 9.17) is 4.52 Å². The Balaban J connectivity index is 1.94. The molecule has 0 aliphatic carbocycles. The van der Waals surface area contributed by atoms with Gasteiger partial charge >= 0.3 is 6.03 Å². The number of amides is 2. The number of benzene rings is 1. The van der Waals surface area contributed by atoms with Crippen LogP contribution in [0.3, 0.4) is 0 Å². The molecular weight excluding hydrogens is 308 g/mol. The van der Waals surface area contributed by atoms with Crippen molar-refractivity contribution in [3.63, 3.8) is 0 Å². The van der Waals surface area contributed by atoms with Gasteiger partial charge in [-0.15, -0.1) is 0 Å². The second-order valence-corrected chi connectivity index (χ2v) is 6.04. The summed E-state index contributed by atoms with van der Waals surface area (Å²) in [5.41, 5.74) is 0.832. The molecule has 0 spiro atoms. The van der Waals surface area contributed by atoms with Crippen molar-refractivity contribution in [2.45, 2.75) is 13.0 Å². The minimum Gasteiger partial charge on any atom is -0.388 e. The number of aromatic nitrogens is 1. The highest BCUT2D eigenvalue weighted by Crippen LogP contribution is 2.22. The Labute approximate surface area is 141 Å². The van der Waals surface area contributed by atoms with Crippen LogP contribution in [0.1, 0.15) is 17.4 Å². The quantitative estimate of drug-likeness (QED) is 0.721. The number of carbonyl (C=O) groups excluding carboxylic acids is 1. The fourth-order valence-corrected chi connectivity index (χ4v) is 2.48. The van der Waals surface area contributed by atoms with Crippen LogP contribution < -0.4 is 10.6 Å². The van der Waals surface area contributed by atoms with Crippen molar-refractivity contribution < 1.29 is 14.4 Å². The fraction of sp³-hybridized carbons (Fsp3) is 0.412. The standard InChI is InChI=1S/C17H24N4O3/c1-12-9-15(20-24-12)19-17(23)18-10-14(11-21(2)3)16(22)13-7-5-4-6-8-13/h4-9,14,16,22H,10-11H2,1-3H3,(H2,18,19,20,23)/t14-,16-/m0/s1. The first-order chi connectivity index (χ1) is 11.5. The zero-order valence-corrected chi connectivity index (χ0v) is 14.2. The Hall–Kier alpha value is -2.38. The smallest absolute Gasteiger partial charge is 0.320 e. The summed E-state index contributed by atoms with van der Waals surface area (Å²) < 4.78 is 4.90. The lowest BCUT2D eigenvalue weighted by molar-refractivity contribution is 0.0911. The molecule has 2 rings (SSSR count). The molecule has 2 aromatic rings. The van der Waals surface area contributed by atoms with Crippen LogP contribution in [-0.4, -0.2) is 48.4 Å². The lowest BCUT2D eigenvalue weighted by atomic mass is 9.95. The van der Waals surface area contributed by atoms with Crippen LogP contribution in [0.5, 0.6) is 0 Å². The van der Waals surface area contributed by atoms with Crippen LogP contribution in [0.2, 0.25) is 0 Å². The van der Waals surface area contributed by atoms with E-state index in [9.17, 15) is 9.90 Å². The Bertz CT molecular complexity index is 642. The van der Waals surface area contributed by atoms with Crippen LogP contribution >= 0.6 is 0 Å². The zero-order chi connectivity index (χ0) is 17.5. The number of rotatable bonds is 7. The average molecular weight is 332 g/mol. The third kappa shape index (κ3) is 5.36. The van der Waals surface area contributed by atoms with Gasteiger partial charge in [-0.25, -0.2) is 4.79 Å². The molecule has 2 amide bonds. The Morgan fingerprint density at radius 2 is 2.04 bits per heavy atom. The van der Waals surface area contributed by atoms with Crippen molar-refractivity contribution in [2.24, 2.45) is 5.92 Å². The van der Waals surface area contributed by atoms with E-state index in [2.05, 4.69) is 15.8 Å². The van der Waals surface area contributed by atoms with Crippen molar-refractivity contribution in [1.29, 1.82) is 0 Å².